The van der Waals surface area contributed by atoms with Crippen LogP contribution in [0.15, 0.2) is 0 Å². The van der Waals surface area contributed by atoms with Gasteiger partial charge in [-0.15, -0.1) is 0 Å². The normalized spacial score (nSPS) is 18.7. The average Bonchev–Trinajstić information content (AvgIpc) is 2.86. The van der Waals surface area contributed by atoms with E-state index in [1.54, 1.807) is 0 Å². The van der Waals surface area contributed by atoms with Crippen LogP contribution in [0.4, 0.5) is 0 Å². The van der Waals surface area contributed by atoms with Crippen LogP contribution < -0.4 is 5.73 Å². The summed E-state index contributed by atoms with van der Waals surface area (Å²) in [6, 6.07) is 0.512. The van der Waals surface area contributed by atoms with E-state index >= 15 is 0 Å². The molecule has 1 aliphatic carbocycles. The fourth-order valence-electron chi connectivity index (χ4n) is 3.14. The highest BCUT2D eigenvalue weighted by Crippen LogP contribution is 2.28. The molecule has 0 heterocycles. The Kier molecular flexibility index (Phi) is 8.78. The van der Waals surface area contributed by atoms with Crippen molar-refractivity contribution in [3.8, 4) is 0 Å². The van der Waals surface area contributed by atoms with Crippen LogP contribution in [-0.4, -0.2) is 6.04 Å². The second-order valence-corrected chi connectivity index (χ2v) is 5.97. The third kappa shape index (κ3) is 7.08. The maximum Gasteiger partial charge on any atom is 0.00671 e. The number of unbranched alkanes of at least 4 members (excludes halogenated alkanes) is 7. The summed E-state index contributed by atoms with van der Waals surface area (Å²) in [5.41, 5.74) is 6.26. The van der Waals surface area contributed by atoms with Gasteiger partial charge in [0, 0.05) is 6.04 Å². The molecular formula is C16H33N. The molecule has 1 atom stereocenters. The van der Waals surface area contributed by atoms with Crippen molar-refractivity contribution < 1.29 is 0 Å². The summed E-state index contributed by atoms with van der Waals surface area (Å²) < 4.78 is 0. The van der Waals surface area contributed by atoms with E-state index in [1.165, 1.54) is 83.5 Å². The van der Waals surface area contributed by atoms with Crippen LogP contribution in [0.1, 0.15) is 90.4 Å². The molecule has 0 saturated heterocycles. The topological polar surface area (TPSA) is 26.0 Å². The largest absolute Gasteiger partial charge is 0.327 e. The van der Waals surface area contributed by atoms with Crippen molar-refractivity contribution in [1.29, 1.82) is 0 Å². The van der Waals surface area contributed by atoms with Crippen LogP contribution in [-0.2, 0) is 0 Å². The summed E-state index contributed by atoms with van der Waals surface area (Å²) in [6.45, 7) is 2.28. The molecule has 1 fully saturated rings. The Morgan fingerprint density at radius 3 is 2.00 bits per heavy atom. The Morgan fingerprint density at radius 2 is 1.41 bits per heavy atom. The number of hydrogen-bond acceptors (Lipinski definition) is 1. The molecular weight excluding hydrogens is 206 g/mol. The van der Waals surface area contributed by atoms with Gasteiger partial charge in [-0.1, -0.05) is 71.1 Å². The van der Waals surface area contributed by atoms with Crippen molar-refractivity contribution in [2.45, 2.75) is 96.4 Å². The van der Waals surface area contributed by atoms with Gasteiger partial charge in [-0.2, -0.15) is 0 Å². The van der Waals surface area contributed by atoms with Gasteiger partial charge in [0.15, 0.2) is 0 Å². The molecule has 1 rings (SSSR count). The Balaban J connectivity index is 1.83. The molecule has 0 aromatic rings. The first kappa shape index (κ1) is 15.0. The summed E-state index contributed by atoms with van der Waals surface area (Å²) >= 11 is 0. The molecule has 0 bridgehead atoms. The van der Waals surface area contributed by atoms with E-state index in [1.807, 2.05) is 0 Å². The van der Waals surface area contributed by atoms with Gasteiger partial charge in [-0.3, -0.25) is 0 Å². The van der Waals surface area contributed by atoms with Crippen molar-refractivity contribution in [1.82, 2.24) is 0 Å². The van der Waals surface area contributed by atoms with Gasteiger partial charge in [0.1, 0.15) is 0 Å². The molecule has 0 amide bonds. The molecule has 0 radical (unpaired) electrons. The Morgan fingerprint density at radius 1 is 0.882 bits per heavy atom. The fourth-order valence-corrected chi connectivity index (χ4v) is 3.14. The molecule has 17 heavy (non-hydrogen) atoms. The molecule has 102 valence electrons. The zero-order chi connectivity index (χ0) is 12.3. The molecule has 0 aliphatic heterocycles. The van der Waals surface area contributed by atoms with Crippen molar-refractivity contribution in [2.75, 3.05) is 0 Å². The highest BCUT2D eigenvalue weighted by Gasteiger charge is 2.21. The number of rotatable bonds is 10. The number of nitrogens with two attached hydrogens (primary N) is 1. The zero-order valence-electron chi connectivity index (χ0n) is 11.9. The first-order valence-corrected chi connectivity index (χ1v) is 8.10. The Bertz CT molecular complexity index is 161. The first-order valence-electron chi connectivity index (χ1n) is 8.10. The highest BCUT2D eigenvalue weighted by molar-refractivity contribution is 4.77. The summed E-state index contributed by atoms with van der Waals surface area (Å²) in [5.74, 6) is 0.861. The predicted octanol–water partition coefficient (Wildman–Crippen LogP) is 5.03. The van der Waals surface area contributed by atoms with Crippen LogP contribution in [0.2, 0.25) is 0 Å². The monoisotopic (exact) mass is 239 g/mol. The molecule has 1 nitrogen and oxygen atoms in total. The molecule has 0 spiro atoms. The second kappa shape index (κ2) is 9.94. The lowest BCUT2D eigenvalue weighted by Crippen LogP contribution is -2.28. The van der Waals surface area contributed by atoms with Crippen LogP contribution in [0.5, 0.6) is 0 Å². The van der Waals surface area contributed by atoms with E-state index in [0.717, 1.165) is 5.92 Å². The van der Waals surface area contributed by atoms with Crippen molar-refractivity contribution >= 4 is 0 Å². The van der Waals surface area contributed by atoms with Gasteiger partial charge < -0.3 is 5.73 Å². The number of hydrogen-bond donors (Lipinski definition) is 1. The molecule has 2 N–H and O–H groups in total. The van der Waals surface area contributed by atoms with Crippen LogP contribution in [0, 0.1) is 5.92 Å². The van der Waals surface area contributed by atoms with Gasteiger partial charge in [-0.25, -0.2) is 0 Å². The predicted molar refractivity (Wildman–Crippen MR) is 77.2 cm³/mol. The standard InChI is InChI=1S/C16H33N/c1-2-3-4-5-6-7-8-9-14-16(17)15-12-10-11-13-15/h15-16H,2-14,17H2,1H3. The maximum absolute atomic E-state index is 6.26. The summed E-state index contributed by atoms with van der Waals surface area (Å²) in [4.78, 5) is 0. The maximum atomic E-state index is 6.26. The lowest BCUT2D eigenvalue weighted by Gasteiger charge is -2.18. The van der Waals surface area contributed by atoms with E-state index in [9.17, 15) is 0 Å². The van der Waals surface area contributed by atoms with Gasteiger partial charge in [0.2, 0.25) is 0 Å². The van der Waals surface area contributed by atoms with Crippen LogP contribution in [0.25, 0.3) is 0 Å². The van der Waals surface area contributed by atoms with Gasteiger partial charge >= 0.3 is 0 Å². The Hall–Kier alpha value is -0.0400. The summed E-state index contributed by atoms with van der Waals surface area (Å²) in [7, 11) is 0. The minimum absolute atomic E-state index is 0.512. The minimum Gasteiger partial charge on any atom is -0.327 e. The van der Waals surface area contributed by atoms with E-state index in [2.05, 4.69) is 6.92 Å². The zero-order valence-corrected chi connectivity index (χ0v) is 11.9. The summed E-state index contributed by atoms with van der Waals surface area (Å²) in [6.07, 6.45) is 18.3. The highest BCUT2D eigenvalue weighted by atomic mass is 14.6. The first-order chi connectivity index (χ1) is 8.34. The molecule has 0 aromatic heterocycles. The van der Waals surface area contributed by atoms with Crippen molar-refractivity contribution in [3.05, 3.63) is 0 Å². The third-order valence-corrected chi connectivity index (χ3v) is 4.40. The molecule has 1 saturated carbocycles. The summed E-state index contributed by atoms with van der Waals surface area (Å²) in [5, 5.41) is 0. The molecule has 1 aliphatic rings. The quantitative estimate of drug-likeness (QED) is 0.531. The second-order valence-electron chi connectivity index (χ2n) is 5.97. The van der Waals surface area contributed by atoms with Gasteiger partial charge in [-0.05, 0) is 25.2 Å². The van der Waals surface area contributed by atoms with E-state index in [4.69, 9.17) is 5.73 Å². The third-order valence-electron chi connectivity index (χ3n) is 4.40. The average molecular weight is 239 g/mol. The lowest BCUT2D eigenvalue weighted by molar-refractivity contribution is 0.394. The van der Waals surface area contributed by atoms with Crippen molar-refractivity contribution in [2.24, 2.45) is 11.7 Å². The van der Waals surface area contributed by atoms with Crippen molar-refractivity contribution in [3.63, 3.8) is 0 Å². The van der Waals surface area contributed by atoms with E-state index < -0.39 is 0 Å². The van der Waals surface area contributed by atoms with Crippen LogP contribution in [0.3, 0.4) is 0 Å². The molecule has 0 aromatic carbocycles. The van der Waals surface area contributed by atoms with Gasteiger partial charge in [0.05, 0.1) is 0 Å². The van der Waals surface area contributed by atoms with Crippen LogP contribution >= 0.6 is 0 Å². The molecule has 1 heteroatoms. The van der Waals surface area contributed by atoms with E-state index in [-0.39, 0.29) is 0 Å². The lowest BCUT2D eigenvalue weighted by atomic mass is 9.94. The van der Waals surface area contributed by atoms with E-state index in [0.29, 0.717) is 6.04 Å². The SMILES string of the molecule is CCCCCCCCCCC(N)C1CCCC1. The fraction of sp³-hybridized carbons (Fsp3) is 1.00. The molecule has 1 unspecified atom stereocenters. The Labute approximate surface area is 109 Å². The minimum atomic E-state index is 0.512. The smallest absolute Gasteiger partial charge is 0.00671 e. The van der Waals surface area contributed by atoms with Gasteiger partial charge in [0.25, 0.3) is 0 Å².